The summed E-state index contributed by atoms with van der Waals surface area (Å²) in [5.41, 5.74) is 7.22. The van der Waals surface area contributed by atoms with E-state index in [4.69, 9.17) is 10.2 Å². The van der Waals surface area contributed by atoms with Crippen LogP contribution in [-0.4, -0.2) is 21.8 Å². The number of nitrogens with zero attached hydrogens (tertiary/aromatic N) is 2. The van der Waals surface area contributed by atoms with Crippen molar-refractivity contribution >= 4 is 34.7 Å². The zero-order valence-electron chi connectivity index (χ0n) is 13.1. The smallest absolute Gasteiger partial charge is 0.404 e. The fourth-order valence-corrected chi connectivity index (χ4v) is 2.33. The second kappa shape index (κ2) is 6.40. The number of aromatic nitrogens is 1. The van der Waals surface area contributed by atoms with Crippen molar-refractivity contribution in [1.82, 2.24) is 10.3 Å². The highest BCUT2D eigenvalue weighted by Gasteiger charge is 2.20. The molecule has 0 bridgehead atoms. The predicted octanol–water partition coefficient (Wildman–Crippen LogP) is 0.501. The van der Waals surface area contributed by atoms with Gasteiger partial charge in [0.1, 0.15) is 0 Å². The zero-order valence-corrected chi connectivity index (χ0v) is 13.1. The van der Waals surface area contributed by atoms with E-state index in [1.165, 1.54) is 25.1 Å². The van der Waals surface area contributed by atoms with Crippen LogP contribution in [-0.2, 0) is 0 Å². The number of amides is 1. The van der Waals surface area contributed by atoms with Crippen LogP contribution >= 0.6 is 0 Å². The van der Waals surface area contributed by atoms with Gasteiger partial charge in [-0.25, -0.2) is 10.3 Å². The van der Waals surface area contributed by atoms with E-state index in [9.17, 15) is 14.9 Å². The molecule has 3 aromatic rings. The molecule has 0 fully saturated rings. The van der Waals surface area contributed by atoms with E-state index in [1.54, 1.807) is 18.2 Å². The summed E-state index contributed by atoms with van der Waals surface area (Å²) in [6.07, 6.45) is 0. The third-order valence-corrected chi connectivity index (χ3v) is 3.53. The van der Waals surface area contributed by atoms with Crippen molar-refractivity contribution in [3.05, 3.63) is 63.7 Å². The second-order valence-electron chi connectivity index (χ2n) is 5.19. The molecule has 0 unspecified atom stereocenters. The van der Waals surface area contributed by atoms with Crippen LogP contribution in [0.4, 0.5) is 11.7 Å². The lowest BCUT2D eigenvalue weighted by Gasteiger charge is -2.04. The molecule has 0 aliphatic carbocycles. The number of nitro benzene ring substituents is 1. The number of para-hydroxylation sites is 2. The van der Waals surface area contributed by atoms with Crippen molar-refractivity contribution in [1.29, 1.82) is 0 Å². The average Bonchev–Trinajstić information content (AvgIpc) is 2.96. The monoisotopic (exact) mass is 340 g/mol. The highest BCUT2D eigenvalue weighted by molar-refractivity contribution is 6.05. The Bertz CT molecular complexity index is 976. The minimum Gasteiger partial charge on any atom is -0.404 e. The van der Waals surface area contributed by atoms with Gasteiger partial charge in [0.2, 0.25) is 0 Å². The molecule has 4 N–H and O–H groups in total. The summed E-state index contributed by atoms with van der Waals surface area (Å²) in [6.45, 7) is 1.50. The molecule has 0 aliphatic rings. The summed E-state index contributed by atoms with van der Waals surface area (Å²) in [5.74, 6) is -0.690. The molecule has 1 aromatic heterocycles. The first kappa shape index (κ1) is 16.1. The maximum absolute atomic E-state index is 12.3. The van der Waals surface area contributed by atoms with Crippen molar-refractivity contribution < 1.29 is 19.1 Å². The Hall–Kier alpha value is -3.75. The first-order valence-electron chi connectivity index (χ1n) is 7.26. The molecule has 9 heteroatoms. The third-order valence-electron chi connectivity index (χ3n) is 3.53. The van der Waals surface area contributed by atoms with Crippen molar-refractivity contribution in [3.63, 3.8) is 0 Å². The maximum Gasteiger partial charge on any atom is 0.406 e. The Balaban J connectivity index is 1.83. The molecule has 25 heavy (non-hydrogen) atoms. The number of carbonyl (C=O) groups excluding carboxylic acids is 1. The Morgan fingerprint density at radius 2 is 2.04 bits per heavy atom. The van der Waals surface area contributed by atoms with Gasteiger partial charge >= 0.3 is 17.9 Å². The largest absolute Gasteiger partial charge is 0.406 e. The lowest BCUT2D eigenvalue weighted by atomic mass is 10.1. The minimum atomic E-state index is -0.581. The maximum atomic E-state index is 12.3. The van der Waals surface area contributed by atoms with Crippen molar-refractivity contribution in [2.24, 2.45) is 5.73 Å². The summed E-state index contributed by atoms with van der Waals surface area (Å²) in [7, 11) is 0. The van der Waals surface area contributed by atoms with E-state index in [0.29, 0.717) is 11.1 Å². The quantitative estimate of drug-likeness (QED) is 0.275. The number of nitrogens with one attached hydrogen (secondary N) is 2. The normalized spacial score (nSPS) is 11.5. The number of oxazole rings is 1. The third kappa shape index (κ3) is 3.29. The van der Waals surface area contributed by atoms with Gasteiger partial charge < -0.3 is 10.2 Å². The molecule has 1 heterocycles. The molecule has 3 rings (SSSR count). The van der Waals surface area contributed by atoms with Crippen LogP contribution in [0.2, 0.25) is 0 Å². The van der Waals surface area contributed by atoms with E-state index in [0.717, 1.165) is 0 Å². The average molecular weight is 340 g/mol. The molecule has 0 radical (unpaired) electrons. The van der Waals surface area contributed by atoms with Crippen LogP contribution in [0.25, 0.3) is 11.1 Å². The number of nitrogens with two attached hydrogens (primary N) is 1. The van der Waals surface area contributed by atoms with Crippen LogP contribution in [0.1, 0.15) is 15.9 Å². The fourth-order valence-electron chi connectivity index (χ4n) is 2.33. The van der Waals surface area contributed by atoms with Crippen molar-refractivity contribution in [2.45, 2.75) is 6.92 Å². The standard InChI is InChI=1S/C16H13N5O4/c1-9-10(5-4-7-12(9)21(23)24)14(22)19-15(17)20-16-18-11-6-2-3-8-13(11)25-16/h2-8H,1H3,(H3,17,18,19,20,22)/p+1. The highest BCUT2D eigenvalue weighted by Crippen LogP contribution is 2.20. The SMILES string of the molecule is Cc1c(C(=O)NC(N)=[NH+]c2nc3ccccc3o2)cccc1[N+](=O)[O-]. The van der Waals surface area contributed by atoms with E-state index < -0.39 is 10.8 Å². The molecule has 2 aromatic carbocycles. The zero-order chi connectivity index (χ0) is 18.0. The predicted molar refractivity (Wildman–Crippen MR) is 89.1 cm³/mol. The number of benzene rings is 2. The van der Waals surface area contributed by atoms with E-state index in [-0.39, 0.29) is 28.8 Å². The van der Waals surface area contributed by atoms with Crippen LogP contribution in [0.5, 0.6) is 0 Å². The first-order chi connectivity index (χ1) is 12.0. The molecule has 0 atom stereocenters. The topological polar surface area (TPSA) is 138 Å². The van der Waals surface area contributed by atoms with Gasteiger partial charge in [0.25, 0.3) is 5.69 Å². The number of nitro groups is 1. The fraction of sp³-hybridized carbons (Fsp3) is 0.0625. The van der Waals surface area contributed by atoms with Gasteiger partial charge in [-0.15, -0.1) is 0 Å². The van der Waals surface area contributed by atoms with Crippen LogP contribution in [0.3, 0.4) is 0 Å². The van der Waals surface area contributed by atoms with E-state index in [1.807, 2.05) is 6.07 Å². The molecule has 126 valence electrons. The van der Waals surface area contributed by atoms with Crippen LogP contribution < -0.4 is 16.0 Å². The molecular weight excluding hydrogens is 326 g/mol. The Labute approximate surface area is 141 Å². The Kier molecular flexibility index (Phi) is 4.12. The lowest BCUT2D eigenvalue weighted by Crippen LogP contribution is -2.74. The second-order valence-corrected chi connectivity index (χ2v) is 5.19. The first-order valence-corrected chi connectivity index (χ1v) is 7.26. The van der Waals surface area contributed by atoms with Gasteiger partial charge in [0.15, 0.2) is 11.1 Å². The summed E-state index contributed by atoms with van der Waals surface area (Å²) < 4.78 is 5.44. The van der Waals surface area contributed by atoms with Gasteiger partial charge in [-0.1, -0.05) is 23.2 Å². The summed E-state index contributed by atoms with van der Waals surface area (Å²) >= 11 is 0. The molecule has 0 saturated heterocycles. The number of rotatable bonds is 3. The minimum absolute atomic E-state index is 0.109. The lowest BCUT2D eigenvalue weighted by molar-refractivity contribution is -0.385. The molecule has 0 saturated carbocycles. The number of fused-ring (bicyclic) bond motifs is 1. The van der Waals surface area contributed by atoms with Crippen LogP contribution in [0.15, 0.2) is 46.9 Å². The molecule has 9 nitrogen and oxygen atoms in total. The van der Waals surface area contributed by atoms with Gasteiger partial charge in [0, 0.05) is 11.6 Å². The van der Waals surface area contributed by atoms with Crippen LogP contribution in [0, 0.1) is 17.0 Å². The van der Waals surface area contributed by atoms with E-state index >= 15 is 0 Å². The van der Waals surface area contributed by atoms with Crippen molar-refractivity contribution in [2.75, 3.05) is 0 Å². The Morgan fingerprint density at radius 1 is 1.28 bits per heavy atom. The molecule has 0 aliphatic heterocycles. The number of hydrogen-bond donors (Lipinski definition) is 3. The van der Waals surface area contributed by atoms with Gasteiger partial charge in [-0.2, -0.15) is 0 Å². The number of guanidine groups is 1. The number of carbonyl (C=O) groups is 1. The Morgan fingerprint density at radius 3 is 2.76 bits per heavy atom. The van der Waals surface area contributed by atoms with Gasteiger partial charge in [0.05, 0.1) is 10.5 Å². The molecular formula is C16H14N5O4+. The van der Waals surface area contributed by atoms with E-state index in [2.05, 4.69) is 15.3 Å². The number of hydrogen-bond acceptors (Lipinski definition) is 5. The van der Waals surface area contributed by atoms with Crippen molar-refractivity contribution in [3.8, 4) is 0 Å². The van der Waals surface area contributed by atoms with Gasteiger partial charge in [-0.3, -0.25) is 14.9 Å². The molecule has 1 amide bonds. The molecule has 0 spiro atoms. The summed E-state index contributed by atoms with van der Waals surface area (Å²) in [5, 5.41) is 13.4. The van der Waals surface area contributed by atoms with Gasteiger partial charge in [-0.05, 0) is 25.1 Å². The highest BCUT2D eigenvalue weighted by atomic mass is 16.6. The summed E-state index contributed by atoms with van der Waals surface area (Å²) in [4.78, 5) is 29.5. The summed E-state index contributed by atoms with van der Waals surface area (Å²) in [6, 6.07) is 11.5.